The van der Waals surface area contributed by atoms with Crippen LogP contribution < -0.4 is 14.8 Å². The molecular formula is C26H29ClN2O5S. The molecule has 0 aliphatic heterocycles. The molecule has 1 N–H and O–H groups in total. The number of nitrogens with one attached hydrogen (secondary N) is 1. The SMILES string of the molecule is COc1ccc([C@@H](C)NC(=O)CN(Cc2ccc(Cl)cc2)S(=O)(=O)c2ccc(C)cc2)cc1OC. The Morgan fingerprint density at radius 2 is 1.60 bits per heavy atom. The number of amides is 1. The molecule has 1 amide bonds. The number of rotatable bonds is 10. The summed E-state index contributed by atoms with van der Waals surface area (Å²) in [5.41, 5.74) is 2.45. The number of nitrogens with zero attached hydrogens (tertiary/aromatic N) is 1. The third-order valence-electron chi connectivity index (χ3n) is 5.54. The summed E-state index contributed by atoms with van der Waals surface area (Å²) in [6.07, 6.45) is 0. The van der Waals surface area contributed by atoms with Gasteiger partial charge in [-0.05, 0) is 61.4 Å². The smallest absolute Gasteiger partial charge is 0.243 e. The molecule has 0 aromatic heterocycles. The van der Waals surface area contributed by atoms with Crippen LogP contribution in [-0.4, -0.2) is 39.4 Å². The molecule has 35 heavy (non-hydrogen) atoms. The van der Waals surface area contributed by atoms with E-state index in [9.17, 15) is 13.2 Å². The van der Waals surface area contributed by atoms with E-state index in [-0.39, 0.29) is 24.0 Å². The van der Waals surface area contributed by atoms with Crippen LogP contribution in [0.2, 0.25) is 5.02 Å². The molecule has 186 valence electrons. The quantitative estimate of drug-likeness (QED) is 0.421. The molecule has 0 aliphatic carbocycles. The lowest BCUT2D eigenvalue weighted by atomic mass is 10.1. The minimum Gasteiger partial charge on any atom is -0.493 e. The topological polar surface area (TPSA) is 84.9 Å². The van der Waals surface area contributed by atoms with Crippen molar-refractivity contribution < 1.29 is 22.7 Å². The summed E-state index contributed by atoms with van der Waals surface area (Å²) in [5.74, 6) is 0.683. The maximum absolute atomic E-state index is 13.4. The Balaban J connectivity index is 1.83. The molecular weight excluding hydrogens is 488 g/mol. The molecule has 0 spiro atoms. The zero-order chi connectivity index (χ0) is 25.6. The van der Waals surface area contributed by atoms with Gasteiger partial charge in [-0.2, -0.15) is 4.31 Å². The summed E-state index contributed by atoms with van der Waals surface area (Å²) in [4.78, 5) is 13.1. The van der Waals surface area contributed by atoms with Gasteiger partial charge in [-0.1, -0.05) is 47.5 Å². The number of benzene rings is 3. The molecule has 9 heteroatoms. The predicted octanol–water partition coefficient (Wildman–Crippen LogP) is 4.73. The van der Waals surface area contributed by atoms with Gasteiger partial charge in [0.1, 0.15) is 0 Å². The highest BCUT2D eigenvalue weighted by Crippen LogP contribution is 2.30. The summed E-state index contributed by atoms with van der Waals surface area (Å²) in [7, 11) is -0.853. The minimum absolute atomic E-state index is 0.0194. The maximum atomic E-state index is 13.4. The van der Waals surface area contributed by atoms with E-state index in [2.05, 4.69) is 5.32 Å². The zero-order valence-corrected chi connectivity index (χ0v) is 21.7. The average Bonchev–Trinajstić information content (AvgIpc) is 2.84. The fraction of sp³-hybridized carbons (Fsp3) is 0.269. The third-order valence-corrected chi connectivity index (χ3v) is 7.59. The van der Waals surface area contributed by atoms with E-state index in [1.807, 2.05) is 19.9 Å². The highest BCUT2D eigenvalue weighted by molar-refractivity contribution is 7.89. The molecule has 0 saturated heterocycles. The molecule has 1 atom stereocenters. The van der Waals surface area contributed by atoms with Crippen molar-refractivity contribution in [3.05, 3.63) is 88.4 Å². The number of halogens is 1. The number of sulfonamides is 1. The van der Waals surface area contributed by atoms with Gasteiger partial charge in [-0.3, -0.25) is 4.79 Å². The first-order valence-electron chi connectivity index (χ1n) is 11.0. The van der Waals surface area contributed by atoms with E-state index < -0.39 is 15.9 Å². The van der Waals surface area contributed by atoms with Crippen LogP contribution in [0.1, 0.15) is 29.7 Å². The second-order valence-electron chi connectivity index (χ2n) is 8.12. The van der Waals surface area contributed by atoms with Crippen LogP contribution in [0.25, 0.3) is 0 Å². The van der Waals surface area contributed by atoms with Crippen molar-refractivity contribution in [2.24, 2.45) is 0 Å². The van der Waals surface area contributed by atoms with Crippen molar-refractivity contribution in [1.29, 1.82) is 0 Å². The van der Waals surface area contributed by atoms with Crippen LogP contribution >= 0.6 is 11.6 Å². The van der Waals surface area contributed by atoms with Crippen molar-refractivity contribution >= 4 is 27.5 Å². The van der Waals surface area contributed by atoms with Crippen molar-refractivity contribution in [1.82, 2.24) is 9.62 Å². The van der Waals surface area contributed by atoms with Crippen molar-refractivity contribution in [2.45, 2.75) is 31.3 Å². The fourth-order valence-electron chi connectivity index (χ4n) is 3.53. The lowest BCUT2D eigenvalue weighted by Crippen LogP contribution is -2.41. The Morgan fingerprint density at radius 1 is 0.971 bits per heavy atom. The Labute approximate surface area is 211 Å². The lowest BCUT2D eigenvalue weighted by Gasteiger charge is -2.23. The number of aryl methyl sites for hydroxylation is 1. The molecule has 0 saturated carbocycles. The minimum atomic E-state index is -3.94. The monoisotopic (exact) mass is 516 g/mol. The van der Waals surface area contributed by atoms with E-state index in [1.165, 1.54) is 7.11 Å². The van der Waals surface area contributed by atoms with Gasteiger partial charge < -0.3 is 14.8 Å². The number of ether oxygens (including phenoxy) is 2. The number of carbonyl (C=O) groups excluding carboxylic acids is 1. The second kappa shape index (κ2) is 11.6. The molecule has 0 fully saturated rings. The van der Waals surface area contributed by atoms with E-state index in [0.29, 0.717) is 22.1 Å². The molecule has 0 aliphatic rings. The van der Waals surface area contributed by atoms with Gasteiger partial charge in [-0.25, -0.2) is 8.42 Å². The van der Waals surface area contributed by atoms with E-state index in [4.69, 9.17) is 21.1 Å². The summed E-state index contributed by atoms with van der Waals surface area (Å²) < 4.78 is 38.7. The largest absolute Gasteiger partial charge is 0.493 e. The van der Waals surface area contributed by atoms with Crippen molar-refractivity contribution in [2.75, 3.05) is 20.8 Å². The van der Waals surface area contributed by atoms with Crippen LogP contribution in [-0.2, 0) is 21.4 Å². The van der Waals surface area contributed by atoms with Gasteiger partial charge in [0.15, 0.2) is 11.5 Å². The first-order chi connectivity index (χ1) is 16.6. The molecule has 0 bridgehead atoms. The Morgan fingerprint density at radius 3 is 2.20 bits per heavy atom. The average molecular weight is 517 g/mol. The van der Waals surface area contributed by atoms with Crippen LogP contribution in [0, 0.1) is 6.92 Å². The Bertz CT molecular complexity index is 1260. The summed E-state index contributed by atoms with van der Waals surface area (Å²) in [6.45, 7) is 3.37. The number of methoxy groups -OCH3 is 2. The lowest BCUT2D eigenvalue weighted by molar-refractivity contribution is -0.122. The molecule has 0 radical (unpaired) electrons. The molecule has 3 rings (SSSR count). The molecule has 3 aromatic carbocycles. The molecule has 7 nitrogen and oxygen atoms in total. The van der Waals surface area contributed by atoms with E-state index >= 15 is 0 Å². The van der Waals surface area contributed by atoms with E-state index in [0.717, 1.165) is 15.4 Å². The second-order valence-corrected chi connectivity index (χ2v) is 10.5. The van der Waals surface area contributed by atoms with Gasteiger partial charge in [-0.15, -0.1) is 0 Å². The van der Waals surface area contributed by atoms with Gasteiger partial charge in [0, 0.05) is 11.6 Å². The Kier molecular flexibility index (Phi) is 8.77. The van der Waals surface area contributed by atoms with Crippen molar-refractivity contribution in [3.63, 3.8) is 0 Å². The maximum Gasteiger partial charge on any atom is 0.243 e. The third kappa shape index (κ3) is 6.75. The zero-order valence-electron chi connectivity index (χ0n) is 20.1. The highest BCUT2D eigenvalue weighted by atomic mass is 35.5. The van der Waals surface area contributed by atoms with Crippen LogP contribution in [0.3, 0.4) is 0 Å². The standard InChI is InChI=1S/C26H29ClN2O5S/c1-18-5-12-23(13-6-18)35(31,32)29(16-20-7-10-22(27)11-8-20)17-26(30)28-19(2)21-9-14-24(33-3)25(15-21)34-4/h5-15,19H,16-17H2,1-4H3,(H,28,30)/t19-/m1/s1. The first-order valence-corrected chi connectivity index (χ1v) is 12.8. The molecule has 0 heterocycles. The summed E-state index contributed by atoms with van der Waals surface area (Å²) >= 11 is 5.98. The van der Waals surface area contributed by atoms with Gasteiger partial charge in [0.25, 0.3) is 0 Å². The van der Waals surface area contributed by atoms with Crippen LogP contribution in [0.4, 0.5) is 0 Å². The van der Waals surface area contributed by atoms with Gasteiger partial charge in [0.05, 0.1) is 31.7 Å². The molecule has 3 aromatic rings. The van der Waals surface area contributed by atoms with Crippen molar-refractivity contribution in [3.8, 4) is 11.5 Å². The predicted molar refractivity (Wildman–Crippen MR) is 136 cm³/mol. The highest BCUT2D eigenvalue weighted by Gasteiger charge is 2.27. The Hall–Kier alpha value is -3.07. The number of hydrogen-bond donors (Lipinski definition) is 1. The first kappa shape index (κ1) is 26.5. The summed E-state index contributed by atoms with van der Waals surface area (Å²) in [6, 6.07) is 18.4. The van der Waals surface area contributed by atoms with Crippen LogP contribution in [0.5, 0.6) is 11.5 Å². The number of hydrogen-bond acceptors (Lipinski definition) is 5. The van der Waals surface area contributed by atoms with Crippen LogP contribution in [0.15, 0.2) is 71.6 Å². The normalized spacial score (nSPS) is 12.3. The van der Waals surface area contributed by atoms with E-state index in [1.54, 1.807) is 67.8 Å². The summed E-state index contributed by atoms with van der Waals surface area (Å²) in [5, 5.41) is 3.43. The molecule has 0 unspecified atom stereocenters. The van der Waals surface area contributed by atoms with Gasteiger partial charge >= 0.3 is 0 Å². The number of carbonyl (C=O) groups is 1. The fourth-order valence-corrected chi connectivity index (χ4v) is 5.04. The van der Waals surface area contributed by atoms with Gasteiger partial charge in [0.2, 0.25) is 15.9 Å².